The van der Waals surface area contributed by atoms with Crippen LogP contribution in [0.5, 0.6) is 0 Å². The number of Topliss-reactive ketones (excluding diaryl/α,β-unsaturated/α-hetero) is 1. The van der Waals surface area contributed by atoms with Gasteiger partial charge in [0.15, 0.2) is 0 Å². The van der Waals surface area contributed by atoms with E-state index >= 15 is 0 Å². The van der Waals surface area contributed by atoms with Gasteiger partial charge in [-0.3, -0.25) is 9.59 Å². The van der Waals surface area contributed by atoms with Crippen LogP contribution in [0.2, 0.25) is 0 Å². The first-order valence-electron chi connectivity index (χ1n) is 4.66. The van der Waals surface area contributed by atoms with Crippen molar-refractivity contribution in [2.45, 2.75) is 0 Å². The largest absolute Gasteiger partial charge is 1.00 e. The quantitative estimate of drug-likeness (QED) is 0.528. The van der Waals surface area contributed by atoms with E-state index in [2.05, 4.69) is 15.9 Å². The fourth-order valence-corrected chi connectivity index (χ4v) is 2.02. The maximum atomic E-state index is 12.3. The van der Waals surface area contributed by atoms with Gasteiger partial charge in [0.25, 0.3) is 11.7 Å². The minimum atomic E-state index is -5.17. The number of carbonyl (C=O) groups is 2. The molecular formula is C9H5BBrF3KNO2. The summed E-state index contributed by atoms with van der Waals surface area (Å²) in [5.41, 5.74) is 0.0202. The van der Waals surface area contributed by atoms with E-state index in [-0.39, 0.29) is 62.6 Å². The fraction of sp³-hybridized carbons (Fsp3) is 0.111. The van der Waals surface area contributed by atoms with Gasteiger partial charge in [0.2, 0.25) is 0 Å². The standard InChI is InChI=1S/C9H5BBrF3NO2.K/c11-5-1-2-7-6(3-5)8(16)9(17)15(7)4-10(12,13)14;/h1-3H,4H2;/q-1;+1. The molecule has 1 aromatic rings. The number of hydrogen-bond donors (Lipinski definition) is 0. The molecule has 9 heteroatoms. The summed E-state index contributed by atoms with van der Waals surface area (Å²) in [4.78, 5) is 23.4. The molecule has 0 atom stereocenters. The van der Waals surface area contributed by atoms with E-state index in [1.165, 1.54) is 18.2 Å². The zero-order valence-corrected chi connectivity index (χ0v) is 14.0. The number of anilines is 1. The second kappa shape index (κ2) is 5.76. The maximum Gasteiger partial charge on any atom is 1.00 e. The first-order chi connectivity index (χ1) is 7.79. The Labute approximate surface area is 152 Å². The molecule has 1 amide bonds. The van der Waals surface area contributed by atoms with Gasteiger partial charge in [-0.05, 0) is 24.6 Å². The van der Waals surface area contributed by atoms with Crippen LogP contribution < -0.4 is 56.3 Å². The summed E-state index contributed by atoms with van der Waals surface area (Å²) in [6, 6.07) is 4.16. The molecule has 1 aromatic carbocycles. The first kappa shape index (κ1) is 16.4. The van der Waals surface area contributed by atoms with Gasteiger partial charge >= 0.3 is 58.4 Å². The Balaban J connectivity index is 0.00000162. The molecule has 0 N–H and O–H groups in total. The topological polar surface area (TPSA) is 37.4 Å². The third-order valence-corrected chi connectivity index (χ3v) is 2.82. The Morgan fingerprint density at radius 3 is 2.39 bits per heavy atom. The van der Waals surface area contributed by atoms with E-state index in [1.807, 2.05) is 0 Å². The van der Waals surface area contributed by atoms with Gasteiger partial charge in [-0.2, -0.15) is 0 Å². The Bertz CT molecular complexity index is 523. The summed E-state index contributed by atoms with van der Waals surface area (Å²) in [6.45, 7) is -5.17. The molecule has 0 saturated carbocycles. The number of halogens is 4. The number of hydrogen-bond acceptors (Lipinski definition) is 2. The molecule has 2 rings (SSSR count). The molecule has 0 aromatic heterocycles. The van der Waals surface area contributed by atoms with Gasteiger partial charge < -0.3 is 17.8 Å². The minimum absolute atomic E-state index is 0. The summed E-state index contributed by atoms with van der Waals surface area (Å²) >= 11 is 3.09. The molecule has 1 aliphatic heterocycles. The van der Waals surface area contributed by atoms with E-state index in [9.17, 15) is 22.5 Å². The molecule has 3 nitrogen and oxygen atoms in total. The molecule has 1 heterocycles. The van der Waals surface area contributed by atoms with Crippen molar-refractivity contribution >= 4 is 40.3 Å². The van der Waals surface area contributed by atoms with Crippen molar-refractivity contribution in [1.82, 2.24) is 0 Å². The zero-order valence-electron chi connectivity index (χ0n) is 9.29. The van der Waals surface area contributed by atoms with E-state index in [0.29, 0.717) is 9.37 Å². The number of ketones is 1. The predicted octanol–water partition coefficient (Wildman–Crippen LogP) is -0.631. The molecule has 90 valence electrons. The average Bonchev–Trinajstić information content (AvgIpc) is 2.42. The van der Waals surface area contributed by atoms with Crippen LogP contribution in [0.25, 0.3) is 0 Å². The van der Waals surface area contributed by atoms with Crippen molar-refractivity contribution in [2.24, 2.45) is 0 Å². The molecule has 18 heavy (non-hydrogen) atoms. The maximum absolute atomic E-state index is 12.3. The van der Waals surface area contributed by atoms with E-state index in [1.54, 1.807) is 0 Å². The zero-order chi connectivity index (χ0) is 12.8. The average molecular weight is 346 g/mol. The van der Waals surface area contributed by atoms with Crippen molar-refractivity contribution in [3.05, 3.63) is 28.2 Å². The number of fused-ring (bicyclic) bond motifs is 1. The smallest absolute Gasteiger partial charge is 0.448 e. The van der Waals surface area contributed by atoms with Crippen LogP contribution in [-0.2, 0) is 4.79 Å². The Morgan fingerprint density at radius 2 is 1.83 bits per heavy atom. The van der Waals surface area contributed by atoms with Crippen LogP contribution in [0.3, 0.4) is 0 Å². The van der Waals surface area contributed by atoms with Crippen molar-refractivity contribution < 1.29 is 73.9 Å². The molecule has 0 radical (unpaired) electrons. The van der Waals surface area contributed by atoms with Crippen LogP contribution in [0.15, 0.2) is 22.7 Å². The normalized spacial score (nSPS) is 14.6. The molecule has 0 bridgehead atoms. The van der Waals surface area contributed by atoms with Gasteiger partial charge in [-0.1, -0.05) is 15.9 Å². The monoisotopic (exact) mass is 345 g/mol. The Kier molecular flexibility index (Phi) is 5.24. The Hall–Kier alpha value is 0.331. The van der Waals surface area contributed by atoms with Gasteiger partial charge in [0.1, 0.15) is 0 Å². The van der Waals surface area contributed by atoms with Crippen molar-refractivity contribution in [3.8, 4) is 0 Å². The second-order valence-corrected chi connectivity index (χ2v) is 4.53. The molecule has 1 aliphatic rings. The summed E-state index contributed by atoms with van der Waals surface area (Å²) in [5.74, 6) is -2.03. The van der Waals surface area contributed by atoms with Gasteiger partial charge in [-0.15, -0.1) is 0 Å². The molecule has 0 aliphatic carbocycles. The third kappa shape index (κ3) is 3.26. The Morgan fingerprint density at radius 1 is 1.22 bits per heavy atom. The van der Waals surface area contributed by atoms with Crippen LogP contribution in [0.1, 0.15) is 10.4 Å². The van der Waals surface area contributed by atoms with E-state index < -0.39 is 25.1 Å². The number of amides is 1. The number of carbonyl (C=O) groups excluding carboxylic acids is 2. The minimum Gasteiger partial charge on any atom is -0.448 e. The van der Waals surface area contributed by atoms with Gasteiger partial charge in [-0.25, -0.2) is 0 Å². The number of benzene rings is 1. The third-order valence-electron chi connectivity index (χ3n) is 2.32. The van der Waals surface area contributed by atoms with Gasteiger partial charge in [0, 0.05) is 4.47 Å². The van der Waals surface area contributed by atoms with E-state index in [4.69, 9.17) is 0 Å². The number of nitrogens with zero attached hydrogens (tertiary/aromatic N) is 1. The van der Waals surface area contributed by atoms with Crippen LogP contribution in [-0.4, -0.2) is 25.1 Å². The first-order valence-corrected chi connectivity index (χ1v) is 5.45. The summed E-state index contributed by atoms with van der Waals surface area (Å²) in [7, 11) is 0. The SMILES string of the molecule is O=C1C(=O)N(C[B-](F)(F)F)c2ccc(Br)cc21.[K+]. The van der Waals surface area contributed by atoms with Crippen LogP contribution in [0, 0.1) is 0 Å². The summed E-state index contributed by atoms with van der Waals surface area (Å²) in [5, 5.41) is 0. The summed E-state index contributed by atoms with van der Waals surface area (Å²) in [6.07, 6.45) is -1.39. The van der Waals surface area contributed by atoms with Crippen LogP contribution >= 0.6 is 15.9 Å². The van der Waals surface area contributed by atoms with Crippen molar-refractivity contribution in [3.63, 3.8) is 0 Å². The number of rotatable bonds is 2. The summed E-state index contributed by atoms with van der Waals surface area (Å²) < 4.78 is 37.5. The molecule has 0 unspecified atom stereocenters. The van der Waals surface area contributed by atoms with Crippen LogP contribution in [0.4, 0.5) is 18.6 Å². The second-order valence-electron chi connectivity index (χ2n) is 3.62. The molecule has 0 saturated heterocycles. The van der Waals surface area contributed by atoms with Crippen molar-refractivity contribution in [2.75, 3.05) is 11.3 Å². The fourth-order valence-electron chi connectivity index (χ4n) is 1.66. The van der Waals surface area contributed by atoms with E-state index in [0.717, 1.165) is 0 Å². The van der Waals surface area contributed by atoms with Gasteiger partial charge in [0.05, 0.1) is 11.3 Å². The van der Waals surface area contributed by atoms with Crippen molar-refractivity contribution in [1.29, 1.82) is 0 Å². The molecular weight excluding hydrogens is 341 g/mol. The molecule has 0 spiro atoms. The molecule has 0 fully saturated rings. The predicted molar refractivity (Wildman–Crippen MR) is 59.9 cm³/mol.